The molecular weight excluding hydrogens is 527 g/mol. The summed E-state index contributed by atoms with van der Waals surface area (Å²) in [7, 11) is 0. The van der Waals surface area contributed by atoms with Crippen LogP contribution in [0.25, 0.3) is 43.4 Å². The first kappa shape index (κ1) is 22.4. The van der Waals surface area contributed by atoms with Crippen LogP contribution in [-0.4, -0.2) is 0 Å². The molecule has 188 valence electrons. The van der Waals surface area contributed by atoms with E-state index in [1.165, 1.54) is 21.5 Å². The van der Waals surface area contributed by atoms with E-state index < -0.39 is 6.04 Å². The van der Waals surface area contributed by atoms with E-state index in [9.17, 15) is 0 Å². The first-order chi connectivity index (χ1) is 19.7. The summed E-state index contributed by atoms with van der Waals surface area (Å²) in [5.74, 6) is 3.28. The second-order valence-electron chi connectivity index (χ2n) is 10.4. The van der Waals surface area contributed by atoms with Crippen LogP contribution in [0.5, 0.6) is 23.0 Å². The third-order valence-corrected chi connectivity index (χ3v) is 13.1. The van der Waals surface area contributed by atoms with Crippen LogP contribution in [0.2, 0.25) is 0 Å². The Bertz CT molecular complexity index is 2150. The molecule has 0 N–H and O–H groups in total. The Morgan fingerprint density at radius 3 is 1.48 bits per heavy atom. The minimum Gasteiger partial charge on any atom is -0.456 e. The highest BCUT2D eigenvalue weighted by Crippen LogP contribution is 2.61. The summed E-state index contributed by atoms with van der Waals surface area (Å²) in [5.41, 5.74) is 2.20. The fourth-order valence-electron chi connectivity index (χ4n) is 6.54. The molecule has 2 nitrogen and oxygen atoms in total. The fraction of sp³-hybridized carbons (Fsp3) is 0. The molecular formula is C36H21O2PS. The maximum atomic E-state index is 7.00. The molecule has 2 heterocycles. The van der Waals surface area contributed by atoms with Crippen molar-refractivity contribution in [1.29, 1.82) is 0 Å². The van der Waals surface area contributed by atoms with E-state index >= 15 is 0 Å². The van der Waals surface area contributed by atoms with Gasteiger partial charge in [0.05, 0.1) is 11.3 Å². The number of benzene rings is 7. The zero-order valence-electron chi connectivity index (χ0n) is 21.3. The van der Waals surface area contributed by atoms with E-state index in [-0.39, 0.29) is 0 Å². The van der Waals surface area contributed by atoms with Crippen LogP contribution in [0.1, 0.15) is 0 Å². The van der Waals surface area contributed by atoms with E-state index in [0.29, 0.717) is 0 Å². The van der Waals surface area contributed by atoms with Gasteiger partial charge >= 0.3 is 0 Å². The second-order valence-corrected chi connectivity index (χ2v) is 14.6. The number of hydrogen-bond acceptors (Lipinski definition) is 3. The number of hydrogen-bond donors (Lipinski definition) is 0. The summed E-state index contributed by atoms with van der Waals surface area (Å²) in [6.07, 6.45) is 0. The van der Waals surface area contributed by atoms with E-state index in [2.05, 4.69) is 127 Å². The predicted molar refractivity (Wildman–Crippen MR) is 171 cm³/mol. The highest BCUT2D eigenvalue weighted by Gasteiger charge is 2.44. The minimum atomic E-state index is -2.58. The molecule has 0 unspecified atom stereocenters. The molecule has 0 aromatic heterocycles. The molecule has 2 aliphatic heterocycles. The first-order valence-electron chi connectivity index (χ1n) is 13.4. The SMILES string of the molecule is S=P12c3c(cc(-c4cccc5ccccc45)cc3Oc3ccc4ccccc4c31)Oc1ccc3ccccc3c12. The summed E-state index contributed by atoms with van der Waals surface area (Å²) in [6, 6.07) is 42.1. The lowest BCUT2D eigenvalue weighted by atomic mass is 9.98. The molecule has 0 saturated heterocycles. The van der Waals surface area contributed by atoms with Gasteiger partial charge in [0.25, 0.3) is 0 Å². The minimum absolute atomic E-state index is 0.796. The van der Waals surface area contributed by atoms with Gasteiger partial charge in [0.15, 0.2) is 0 Å². The van der Waals surface area contributed by atoms with E-state index in [1.807, 2.05) is 0 Å². The molecule has 0 amide bonds. The fourth-order valence-corrected chi connectivity index (χ4v) is 11.7. The smallest absolute Gasteiger partial charge is 0.140 e. The van der Waals surface area contributed by atoms with E-state index in [1.54, 1.807) is 0 Å². The maximum absolute atomic E-state index is 7.00. The summed E-state index contributed by atoms with van der Waals surface area (Å²) >= 11 is 7.00. The lowest BCUT2D eigenvalue weighted by Crippen LogP contribution is -2.35. The highest BCUT2D eigenvalue weighted by atomic mass is 32.4. The van der Waals surface area contributed by atoms with Crippen LogP contribution in [-0.2, 0) is 11.8 Å². The van der Waals surface area contributed by atoms with Gasteiger partial charge in [-0.15, -0.1) is 0 Å². The van der Waals surface area contributed by atoms with Crippen LogP contribution >= 0.6 is 6.04 Å². The molecule has 0 radical (unpaired) electrons. The molecule has 0 bridgehead atoms. The van der Waals surface area contributed by atoms with Crippen molar-refractivity contribution in [3.05, 3.63) is 127 Å². The zero-order chi connectivity index (χ0) is 26.4. The summed E-state index contributed by atoms with van der Waals surface area (Å²) < 4.78 is 13.6. The van der Waals surface area contributed by atoms with Crippen molar-refractivity contribution in [2.75, 3.05) is 0 Å². The van der Waals surface area contributed by atoms with Crippen LogP contribution in [0.4, 0.5) is 0 Å². The topological polar surface area (TPSA) is 18.5 Å². The zero-order valence-corrected chi connectivity index (χ0v) is 23.0. The number of rotatable bonds is 1. The lowest BCUT2D eigenvalue weighted by Gasteiger charge is -2.39. The van der Waals surface area contributed by atoms with Gasteiger partial charge in [-0.3, -0.25) is 0 Å². The molecule has 9 rings (SSSR count). The van der Waals surface area contributed by atoms with Crippen molar-refractivity contribution in [2.45, 2.75) is 0 Å². The molecule has 0 saturated carbocycles. The molecule has 0 spiro atoms. The maximum Gasteiger partial charge on any atom is 0.140 e. The van der Waals surface area contributed by atoms with Gasteiger partial charge in [0.1, 0.15) is 23.0 Å². The molecule has 0 atom stereocenters. The molecule has 40 heavy (non-hydrogen) atoms. The summed E-state index contributed by atoms with van der Waals surface area (Å²) in [4.78, 5) is 0. The molecule has 2 aliphatic rings. The molecule has 7 aromatic carbocycles. The Hall–Kier alpha value is -4.43. The van der Waals surface area contributed by atoms with Gasteiger partial charge < -0.3 is 9.47 Å². The van der Waals surface area contributed by atoms with Crippen molar-refractivity contribution in [2.24, 2.45) is 0 Å². The molecule has 4 heteroatoms. The molecule has 7 aromatic rings. The quantitative estimate of drug-likeness (QED) is 0.191. The second kappa shape index (κ2) is 8.05. The van der Waals surface area contributed by atoms with Crippen molar-refractivity contribution < 1.29 is 9.47 Å². The van der Waals surface area contributed by atoms with E-state index in [0.717, 1.165) is 60.8 Å². The predicted octanol–water partition coefficient (Wildman–Crippen LogP) is 8.78. The molecule has 0 aliphatic carbocycles. The van der Waals surface area contributed by atoms with Gasteiger partial charge in [0.2, 0.25) is 0 Å². The summed E-state index contributed by atoms with van der Waals surface area (Å²) in [6.45, 7) is 0. The number of fused-ring (bicyclic) bond motifs is 9. The Morgan fingerprint density at radius 1 is 0.425 bits per heavy atom. The van der Waals surface area contributed by atoms with Crippen LogP contribution in [0.15, 0.2) is 127 Å². The van der Waals surface area contributed by atoms with Gasteiger partial charge in [0, 0.05) is 10.6 Å². The van der Waals surface area contributed by atoms with E-state index in [4.69, 9.17) is 21.3 Å². The Kier molecular flexibility index (Phi) is 4.51. The van der Waals surface area contributed by atoms with Crippen molar-refractivity contribution >= 4 is 66.1 Å². The van der Waals surface area contributed by atoms with Gasteiger partial charge in [-0.25, -0.2) is 0 Å². The van der Waals surface area contributed by atoms with Gasteiger partial charge in [-0.05, 0) is 67.7 Å². The van der Waals surface area contributed by atoms with Crippen LogP contribution in [0.3, 0.4) is 0 Å². The van der Waals surface area contributed by atoms with Crippen molar-refractivity contribution in [3.63, 3.8) is 0 Å². The average molecular weight is 549 g/mol. The van der Waals surface area contributed by atoms with Crippen LogP contribution < -0.4 is 25.4 Å². The Morgan fingerprint density at radius 2 is 0.900 bits per heavy atom. The highest BCUT2D eigenvalue weighted by molar-refractivity contribution is 8.26. The third kappa shape index (κ3) is 2.91. The molecule has 0 fully saturated rings. The largest absolute Gasteiger partial charge is 0.456 e. The summed E-state index contributed by atoms with van der Waals surface area (Å²) in [5, 5.41) is 10.3. The first-order valence-corrected chi connectivity index (χ1v) is 16.2. The van der Waals surface area contributed by atoms with Gasteiger partial charge in [-0.2, -0.15) is 0 Å². The Balaban J connectivity index is 1.42. The standard InChI is InChI=1S/C36H21O2PS/c40-39-34-28-13-5-2-9-23(28)16-18-30(34)37-32-20-25(27-15-7-11-22-8-1-4-12-26(22)27)21-33(36(32)39)38-31-19-17-24-10-3-6-14-29(24)35(31)39/h1-21H. The third-order valence-electron chi connectivity index (χ3n) is 8.25. The van der Waals surface area contributed by atoms with Gasteiger partial charge in [-0.1, -0.05) is 115 Å². The van der Waals surface area contributed by atoms with Crippen LogP contribution in [0, 0.1) is 0 Å². The Labute approximate surface area is 236 Å². The monoisotopic (exact) mass is 548 g/mol. The van der Waals surface area contributed by atoms with Crippen molar-refractivity contribution in [1.82, 2.24) is 0 Å². The normalized spacial score (nSPS) is 14.2. The van der Waals surface area contributed by atoms with Crippen molar-refractivity contribution in [3.8, 4) is 34.1 Å². The average Bonchev–Trinajstić information content (AvgIpc) is 3.00. The number of ether oxygens (including phenoxy) is 2. The lowest BCUT2D eigenvalue weighted by molar-refractivity contribution is 0.467.